The second-order valence-corrected chi connectivity index (χ2v) is 4.77. The summed E-state index contributed by atoms with van der Waals surface area (Å²) in [7, 11) is 1.61. The lowest BCUT2D eigenvalue weighted by Gasteiger charge is -2.08. The highest BCUT2D eigenvalue weighted by atomic mass is 16.5. The van der Waals surface area contributed by atoms with Crippen molar-refractivity contribution in [3.63, 3.8) is 0 Å². The van der Waals surface area contributed by atoms with E-state index in [1.807, 2.05) is 54.6 Å². The van der Waals surface area contributed by atoms with E-state index in [0.29, 0.717) is 17.9 Å². The van der Waals surface area contributed by atoms with Gasteiger partial charge < -0.3 is 4.74 Å². The third-order valence-corrected chi connectivity index (χ3v) is 3.36. The number of hydrogen-bond donors (Lipinski definition) is 0. The van der Waals surface area contributed by atoms with Gasteiger partial charge in [-0.15, -0.1) is 5.10 Å². The molecule has 0 spiro atoms. The Bertz CT molecular complexity index is 818. The van der Waals surface area contributed by atoms with Gasteiger partial charge >= 0.3 is 0 Å². The fourth-order valence-corrected chi connectivity index (χ4v) is 2.31. The minimum absolute atomic E-state index is 0.309. The van der Waals surface area contributed by atoms with Gasteiger partial charge in [-0.1, -0.05) is 47.7 Å². The van der Waals surface area contributed by atoms with E-state index in [4.69, 9.17) is 4.74 Å². The molecule has 22 heavy (non-hydrogen) atoms. The largest absolute Gasteiger partial charge is 0.497 e. The molecule has 1 aromatic heterocycles. The summed E-state index contributed by atoms with van der Waals surface area (Å²) in [5.41, 5.74) is 2.97. The van der Waals surface area contributed by atoms with E-state index in [-0.39, 0.29) is 0 Å². The Balaban J connectivity index is 2.06. The third-order valence-electron chi connectivity index (χ3n) is 3.36. The van der Waals surface area contributed by atoms with Gasteiger partial charge in [-0.05, 0) is 17.7 Å². The van der Waals surface area contributed by atoms with Crippen LogP contribution in [0.1, 0.15) is 11.3 Å². The van der Waals surface area contributed by atoms with Crippen molar-refractivity contribution in [2.45, 2.75) is 6.54 Å². The van der Waals surface area contributed by atoms with Gasteiger partial charge in [-0.3, -0.25) is 0 Å². The third kappa shape index (κ3) is 2.67. The Hall–Kier alpha value is -3.13. The van der Waals surface area contributed by atoms with Crippen LogP contribution in [-0.4, -0.2) is 22.1 Å². The predicted molar refractivity (Wildman–Crippen MR) is 82.3 cm³/mol. The number of rotatable bonds is 4. The zero-order valence-corrected chi connectivity index (χ0v) is 12.1. The minimum Gasteiger partial charge on any atom is -0.497 e. The highest BCUT2D eigenvalue weighted by molar-refractivity contribution is 5.66. The minimum atomic E-state index is 0.309. The first kappa shape index (κ1) is 13.8. The number of aromatic nitrogens is 3. The van der Waals surface area contributed by atoms with Gasteiger partial charge in [-0.25, -0.2) is 4.68 Å². The fourth-order valence-electron chi connectivity index (χ4n) is 2.31. The van der Waals surface area contributed by atoms with Crippen LogP contribution in [0.2, 0.25) is 0 Å². The smallest absolute Gasteiger partial charge is 0.190 e. The van der Waals surface area contributed by atoms with Crippen LogP contribution < -0.4 is 4.74 Å². The monoisotopic (exact) mass is 290 g/mol. The Labute approximate surface area is 128 Å². The van der Waals surface area contributed by atoms with Crippen LogP contribution in [0.15, 0.2) is 54.6 Å². The van der Waals surface area contributed by atoms with Crippen molar-refractivity contribution < 1.29 is 4.74 Å². The topological polar surface area (TPSA) is 63.7 Å². The number of nitrogens with zero attached hydrogens (tertiary/aromatic N) is 4. The molecular weight excluding hydrogens is 276 g/mol. The zero-order valence-electron chi connectivity index (χ0n) is 12.1. The molecule has 2 aromatic carbocycles. The van der Waals surface area contributed by atoms with Crippen LogP contribution in [0, 0.1) is 11.3 Å². The first-order valence-corrected chi connectivity index (χ1v) is 6.84. The van der Waals surface area contributed by atoms with Crippen LogP contribution in [0.5, 0.6) is 5.75 Å². The van der Waals surface area contributed by atoms with E-state index in [1.165, 1.54) is 0 Å². The number of ether oxygens (including phenoxy) is 1. The second-order valence-electron chi connectivity index (χ2n) is 4.77. The summed E-state index contributed by atoms with van der Waals surface area (Å²) < 4.78 is 6.99. The Kier molecular flexibility index (Phi) is 3.84. The number of benzene rings is 2. The Morgan fingerprint density at radius 3 is 2.68 bits per heavy atom. The molecule has 3 rings (SSSR count). The molecule has 3 aromatic rings. The van der Waals surface area contributed by atoms with Gasteiger partial charge in [0.25, 0.3) is 0 Å². The summed E-state index contributed by atoms with van der Waals surface area (Å²) in [4.78, 5) is 0. The molecule has 0 unspecified atom stereocenters. The van der Waals surface area contributed by atoms with Crippen molar-refractivity contribution >= 4 is 0 Å². The van der Waals surface area contributed by atoms with E-state index in [9.17, 15) is 5.26 Å². The fraction of sp³-hybridized carbons (Fsp3) is 0.118. The van der Waals surface area contributed by atoms with Gasteiger partial charge in [0.05, 0.1) is 13.7 Å². The van der Waals surface area contributed by atoms with Crippen molar-refractivity contribution in [2.75, 3.05) is 7.11 Å². The maximum absolute atomic E-state index is 9.29. The maximum Gasteiger partial charge on any atom is 0.190 e. The Morgan fingerprint density at radius 2 is 1.95 bits per heavy atom. The lowest BCUT2D eigenvalue weighted by molar-refractivity contribution is 0.415. The summed E-state index contributed by atoms with van der Waals surface area (Å²) in [5, 5.41) is 17.4. The molecule has 0 N–H and O–H groups in total. The molecule has 0 amide bonds. The van der Waals surface area contributed by atoms with Crippen LogP contribution in [-0.2, 0) is 6.54 Å². The predicted octanol–water partition coefficient (Wildman–Crippen LogP) is 2.87. The molecule has 5 heteroatoms. The van der Waals surface area contributed by atoms with Crippen molar-refractivity contribution in [1.29, 1.82) is 5.26 Å². The molecule has 108 valence electrons. The van der Waals surface area contributed by atoms with E-state index >= 15 is 0 Å². The molecule has 0 saturated heterocycles. The number of nitriles is 1. The van der Waals surface area contributed by atoms with Crippen LogP contribution >= 0.6 is 0 Å². The molecular formula is C17H14N4O. The summed E-state index contributed by atoms with van der Waals surface area (Å²) >= 11 is 0. The zero-order chi connectivity index (χ0) is 15.4. The standard InChI is InChI=1S/C17H14N4O/c1-22-15-9-5-8-14(10-15)17-16(11-18)19-20-21(17)12-13-6-3-2-4-7-13/h2-10H,12H2,1H3. The second kappa shape index (κ2) is 6.10. The van der Waals surface area contributed by atoms with Gasteiger partial charge in [0.1, 0.15) is 17.5 Å². The van der Waals surface area contributed by atoms with Crippen LogP contribution in [0.25, 0.3) is 11.3 Å². The maximum atomic E-state index is 9.29. The van der Waals surface area contributed by atoms with E-state index in [1.54, 1.807) is 11.8 Å². The first-order valence-electron chi connectivity index (χ1n) is 6.84. The molecule has 0 aliphatic carbocycles. The Morgan fingerprint density at radius 1 is 1.14 bits per heavy atom. The molecule has 0 saturated carbocycles. The summed E-state index contributed by atoms with van der Waals surface area (Å²) in [6.45, 7) is 0.558. The quantitative estimate of drug-likeness (QED) is 0.741. The van der Waals surface area contributed by atoms with Crippen molar-refractivity contribution in [1.82, 2.24) is 15.0 Å². The first-order chi connectivity index (χ1) is 10.8. The van der Waals surface area contributed by atoms with Crippen LogP contribution in [0.4, 0.5) is 0 Å². The van der Waals surface area contributed by atoms with E-state index in [2.05, 4.69) is 16.4 Å². The molecule has 0 fully saturated rings. The average molecular weight is 290 g/mol. The van der Waals surface area contributed by atoms with Crippen LogP contribution in [0.3, 0.4) is 0 Å². The molecule has 1 heterocycles. The van der Waals surface area contributed by atoms with Gasteiger partial charge in [0.15, 0.2) is 5.69 Å². The van der Waals surface area contributed by atoms with Gasteiger partial charge in [0.2, 0.25) is 0 Å². The van der Waals surface area contributed by atoms with E-state index in [0.717, 1.165) is 16.9 Å². The van der Waals surface area contributed by atoms with Gasteiger partial charge in [-0.2, -0.15) is 5.26 Å². The van der Waals surface area contributed by atoms with Crippen molar-refractivity contribution in [2.24, 2.45) is 0 Å². The van der Waals surface area contributed by atoms with E-state index < -0.39 is 0 Å². The summed E-state index contributed by atoms with van der Waals surface area (Å²) in [6.07, 6.45) is 0. The number of methoxy groups -OCH3 is 1. The summed E-state index contributed by atoms with van der Waals surface area (Å²) in [6, 6.07) is 19.6. The lowest BCUT2D eigenvalue weighted by Crippen LogP contribution is -2.04. The highest BCUT2D eigenvalue weighted by Crippen LogP contribution is 2.26. The lowest BCUT2D eigenvalue weighted by atomic mass is 10.1. The summed E-state index contributed by atoms with van der Waals surface area (Å²) in [5.74, 6) is 0.730. The normalized spacial score (nSPS) is 10.2. The molecule has 5 nitrogen and oxygen atoms in total. The van der Waals surface area contributed by atoms with Gasteiger partial charge in [0, 0.05) is 5.56 Å². The molecule has 0 atom stereocenters. The number of hydrogen-bond acceptors (Lipinski definition) is 4. The molecule has 0 bridgehead atoms. The molecule has 0 radical (unpaired) electrons. The molecule has 0 aliphatic heterocycles. The SMILES string of the molecule is COc1cccc(-c2c(C#N)nnn2Cc2ccccc2)c1. The average Bonchev–Trinajstić information content (AvgIpc) is 2.98. The molecule has 0 aliphatic rings. The highest BCUT2D eigenvalue weighted by Gasteiger charge is 2.15. The van der Waals surface area contributed by atoms with Crippen molar-refractivity contribution in [3.8, 4) is 23.1 Å². The van der Waals surface area contributed by atoms with Crippen molar-refractivity contribution in [3.05, 3.63) is 65.9 Å².